The van der Waals surface area contributed by atoms with Gasteiger partial charge in [0.15, 0.2) is 0 Å². The van der Waals surface area contributed by atoms with Crippen molar-refractivity contribution in [1.82, 2.24) is 5.01 Å². The van der Waals surface area contributed by atoms with Gasteiger partial charge in [0.2, 0.25) is 6.23 Å². The molecule has 3 aromatic rings. The average molecular weight is 425 g/mol. The number of benzene rings is 3. The van der Waals surface area contributed by atoms with E-state index in [1.165, 1.54) is 0 Å². The molecule has 0 amide bonds. The van der Waals surface area contributed by atoms with Crippen LogP contribution in [0, 0.1) is 0 Å². The fourth-order valence-electron chi connectivity index (χ4n) is 4.00. The standard InChI is InChI=1S/C23H18Cl2N2O2/c1-28-21-10-6-5-9-16(21)23-27-20(13-19(26-27)14-7-3-2-4-8-14)17-11-15(24)12-18(25)22(17)29-23/h2-12,20,23H,13H2,1H3/t20-,23-/m0/s1. The fraction of sp³-hybridized carbons (Fsp3) is 0.174. The third-order valence-corrected chi connectivity index (χ3v) is 5.82. The summed E-state index contributed by atoms with van der Waals surface area (Å²) >= 11 is 12.8. The molecule has 2 aliphatic rings. The van der Waals surface area contributed by atoms with Crippen molar-refractivity contribution >= 4 is 28.9 Å². The Labute approximate surface area is 179 Å². The molecule has 0 fully saturated rings. The molecule has 2 aliphatic heterocycles. The van der Waals surface area contributed by atoms with Crippen LogP contribution in [0.4, 0.5) is 0 Å². The first-order chi connectivity index (χ1) is 14.2. The molecule has 0 aliphatic carbocycles. The molecule has 146 valence electrons. The highest BCUT2D eigenvalue weighted by Crippen LogP contribution is 2.51. The van der Waals surface area contributed by atoms with Crippen molar-refractivity contribution in [2.24, 2.45) is 5.10 Å². The van der Waals surface area contributed by atoms with E-state index in [9.17, 15) is 0 Å². The van der Waals surface area contributed by atoms with Crippen LogP contribution in [0.5, 0.6) is 11.5 Å². The lowest BCUT2D eigenvalue weighted by Gasteiger charge is -2.39. The average Bonchev–Trinajstić information content (AvgIpc) is 3.20. The van der Waals surface area contributed by atoms with E-state index in [-0.39, 0.29) is 6.04 Å². The Morgan fingerprint density at radius 1 is 1.00 bits per heavy atom. The number of hydrogen-bond donors (Lipinski definition) is 0. The number of halogens is 2. The SMILES string of the molecule is COc1ccccc1[C@@H]1Oc2c(Cl)cc(Cl)cc2[C@@H]2CC(c3ccccc3)=NN21. The summed E-state index contributed by atoms with van der Waals surface area (Å²) in [6.45, 7) is 0. The zero-order valence-corrected chi connectivity index (χ0v) is 17.2. The van der Waals surface area contributed by atoms with Crippen LogP contribution in [0.3, 0.4) is 0 Å². The van der Waals surface area contributed by atoms with Crippen molar-refractivity contribution < 1.29 is 9.47 Å². The molecule has 29 heavy (non-hydrogen) atoms. The number of nitrogens with zero attached hydrogens (tertiary/aromatic N) is 2. The Balaban J connectivity index is 1.66. The quantitative estimate of drug-likeness (QED) is 0.498. The molecule has 0 N–H and O–H groups in total. The number of fused-ring (bicyclic) bond motifs is 3. The molecule has 0 saturated heterocycles. The van der Waals surface area contributed by atoms with E-state index in [1.807, 2.05) is 53.5 Å². The van der Waals surface area contributed by atoms with Gasteiger partial charge in [-0.2, -0.15) is 5.10 Å². The van der Waals surface area contributed by atoms with Gasteiger partial charge >= 0.3 is 0 Å². The molecule has 0 bridgehead atoms. The van der Waals surface area contributed by atoms with Gasteiger partial charge in [-0.1, -0.05) is 65.7 Å². The summed E-state index contributed by atoms with van der Waals surface area (Å²) in [5, 5.41) is 8.03. The molecule has 0 spiro atoms. The predicted octanol–water partition coefficient (Wildman–Crippen LogP) is 6.24. The first-order valence-electron chi connectivity index (χ1n) is 9.35. The van der Waals surface area contributed by atoms with Crippen LogP contribution in [0.1, 0.15) is 35.4 Å². The second-order valence-electron chi connectivity index (χ2n) is 7.03. The number of hydrogen-bond acceptors (Lipinski definition) is 4. The maximum atomic E-state index is 6.52. The molecule has 3 aromatic carbocycles. The maximum absolute atomic E-state index is 6.52. The largest absolute Gasteiger partial charge is 0.496 e. The minimum atomic E-state index is -0.455. The van der Waals surface area contributed by atoms with Crippen LogP contribution in [-0.4, -0.2) is 17.8 Å². The van der Waals surface area contributed by atoms with E-state index in [1.54, 1.807) is 13.2 Å². The van der Waals surface area contributed by atoms with Gasteiger partial charge in [0.25, 0.3) is 0 Å². The van der Waals surface area contributed by atoms with Crippen LogP contribution in [-0.2, 0) is 0 Å². The van der Waals surface area contributed by atoms with E-state index in [2.05, 4.69) is 12.1 Å². The van der Waals surface area contributed by atoms with Crippen LogP contribution >= 0.6 is 23.2 Å². The molecule has 0 unspecified atom stereocenters. The molecule has 6 heteroatoms. The lowest BCUT2D eigenvalue weighted by atomic mass is 9.95. The zero-order chi connectivity index (χ0) is 20.0. The van der Waals surface area contributed by atoms with Crippen molar-refractivity contribution in [3.05, 3.63) is 93.5 Å². The van der Waals surface area contributed by atoms with Crippen molar-refractivity contribution in [1.29, 1.82) is 0 Å². The van der Waals surface area contributed by atoms with Crippen molar-refractivity contribution in [2.45, 2.75) is 18.7 Å². The Kier molecular flexibility index (Phi) is 4.61. The van der Waals surface area contributed by atoms with E-state index < -0.39 is 6.23 Å². The Morgan fingerprint density at radius 2 is 1.76 bits per heavy atom. The summed E-state index contributed by atoms with van der Waals surface area (Å²) < 4.78 is 12.0. The van der Waals surface area contributed by atoms with Gasteiger partial charge in [-0.3, -0.25) is 0 Å². The summed E-state index contributed by atoms with van der Waals surface area (Å²) in [7, 11) is 1.66. The smallest absolute Gasteiger partial charge is 0.217 e. The van der Waals surface area contributed by atoms with Gasteiger partial charge < -0.3 is 9.47 Å². The molecule has 0 saturated carbocycles. The third kappa shape index (κ3) is 3.13. The van der Waals surface area contributed by atoms with Gasteiger partial charge in [0.05, 0.1) is 29.4 Å². The molecular weight excluding hydrogens is 407 g/mol. The molecule has 2 atom stereocenters. The molecular formula is C23H18Cl2N2O2. The Morgan fingerprint density at radius 3 is 2.55 bits per heavy atom. The second kappa shape index (κ2) is 7.29. The lowest BCUT2D eigenvalue weighted by molar-refractivity contribution is -0.0202. The first kappa shape index (κ1) is 18.3. The van der Waals surface area contributed by atoms with Gasteiger partial charge in [0, 0.05) is 17.0 Å². The Hall–Kier alpha value is -2.69. The van der Waals surface area contributed by atoms with Crippen LogP contribution < -0.4 is 9.47 Å². The van der Waals surface area contributed by atoms with Crippen LogP contribution in [0.15, 0.2) is 71.8 Å². The van der Waals surface area contributed by atoms with E-state index >= 15 is 0 Å². The highest BCUT2D eigenvalue weighted by atomic mass is 35.5. The summed E-state index contributed by atoms with van der Waals surface area (Å²) in [6, 6.07) is 21.6. The van der Waals surface area contributed by atoms with Crippen molar-refractivity contribution in [2.75, 3.05) is 7.11 Å². The topological polar surface area (TPSA) is 34.1 Å². The summed E-state index contributed by atoms with van der Waals surface area (Å²) in [4.78, 5) is 0. The normalized spacial score (nSPS) is 19.8. The highest BCUT2D eigenvalue weighted by Gasteiger charge is 2.42. The molecule has 4 nitrogen and oxygen atoms in total. The third-order valence-electron chi connectivity index (χ3n) is 5.32. The predicted molar refractivity (Wildman–Crippen MR) is 115 cm³/mol. The first-order valence-corrected chi connectivity index (χ1v) is 10.1. The highest BCUT2D eigenvalue weighted by molar-refractivity contribution is 6.35. The Bertz CT molecular complexity index is 1100. The van der Waals surface area contributed by atoms with E-state index in [0.29, 0.717) is 15.8 Å². The minimum absolute atomic E-state index is 0.0277. The number of ether oxygens (including phenoxy) is 2. The number of para-hydroxylation sites is 1. The monoisotopic (exact) mass is 424 g/mol. The zero-order valence-electron chi connectivity index (χ0n) is 15.7. The second-order valence-corrected chi connectivity index (χ2v) is 7.87. The molecule has 0 aromatic heterocycles. The minimum Gasteiger partial charge on any atom is -0.496 e. The van der Waals surface area contributed by atoms with E-state index in [0.717, 1.165) is 34.6 Å². The van der Waals surface area contributed by atoms with E-state index in [4.69, 9.17) is 37.8 Å². The maximum Gasteiger partial charge on any atom is 0.217 e. The number of rotatable bonds is 3. The van der Waals surface area contributed by atoms with Crippen LogP contribution in [0.25, 0.3) is 0 Å². The van der Waals surface area contributed by atoms with Crippen LogP contribution in [0.2, 0.25) is 10.0 Å². The lowest BCUT2D eigenvalue weighted by Crippen LogP contribution is -2.34. The van der Waals surface area contributed by atoms with Gasteiger partial charge in [-0.25, -0.2) is 5.01 Å². The van der Waals surface area contributed by atoms with Gasteiger partial charge in [-0.05, 0) is 29.8 Å². The number of hydrazone groups is 1. The fourth-order valence-corrected chi connectivity index (χ4v) is 4.55. The van der Waals surface area contributed by atoms with Gasteiger partial charge in [0.1, 0.15) is 11.5 Å². The molecule has 0 radical (unpaired) electrons. The summed E-state index contributed by atoms with van der Waals surface area (Å²) in [6.07, 6.45) is 0.284. The molecule has 5 rings (SSSR count). The van der Waals surface area contributed by atoms with Crippen molar-refractivity contribution in [3.63, 3.8) is 0 Å². The van der Waals surface area contributed by atoms with Crippen molar-refractivity contribution in [3.8, 4) is 11.5 Å². The summed E-state index contributed by atoms with van der Waals surface area (Å²) in [5.41, 5.74) is 3.94. The molecule has 2 heterocycles. The summed E-state index contributed by atoms with van der Waals surface area (Å²) in [5.74, 6) is 1.39. The van der Waals surface area contributed by atoms with Gasteiger partial charge in [-0.15, -0.1) is 0 Å². The number of methoxy groups -OCH3 is 1.